The van der Waals surface area contributed by atoms with Crippen LogP contribution in [-0.2, 0) is 21.2 Å². The maximum atomic E-state index is 13.1. The molecule has 31 heavy (non-hydrogen) atoms. The summed E-state index contributed by atoms with van der Waals surface area (Å²) in [6.45, 7) is 3.68. The van der Waals surface area contributed by atoms with Crippen molar-refractivity contribution in [2.24, 2.45) is 0 Å². The molecule has 1 aromatic carbocycles. The zero-order chi connectivity index (χ0) is 21.7. The van der Waals surface area contributed by atoms with Crippen LogP contribution >= 0.6 is 11.3 Å². The van der Waals surface area contributed by atoms with Gasteiger partial charge in [0.05, 0.1) is 24.7 Å². The van der Waals surface area contributed by atoms with E-state index < -0.39 is 10.0 Å². The lowest BCUT2D eigenvalue weighted by Crippen LogP contribution is -2.51. The van der Waals surface area contributed by atoms with Crippen molar-refractivity contribution in [2.45, 2.75) is 17.7 Å². The highest BCUT2D eigenvalue weighted by Gasteiger charge is 2.30. The number of nitrogens with zero attached hydrogens (tertiary/aromatic N) is 2. The van der Waals surface area contributed by atoms with Gasteiger partial charge in [0.1, 0.15) is 0 Å². The number of hydrogen-bond donors (Lipinski definition) is 1. The molecular weight excluding hydrogens is 438 g/mol. The average molecular weight is 466 g/mol. The van der Waals surface area contributed by atoms with E-state index in [0.717, 1.165) is 12.8 Å². The van der Waals surface area contributed by atoms with Gasteiger partial charge >= 0.3 is 0 Å². The molecule has 168 valence electrons. The van der Waals surface area contributed by atoms with Crippen molar-refractivity contribution in [2.75, 3.05) is 52.5 Å². The summed E-state index contributed by atoms with van der Waals surface area (Å²) in [7, 11) is -3.63. The largest absolute Gasteiger partial charge is 0.490 e. The average Bonchev–Trinajstić information content (AvgIpc) is 3.17. The van der Waals surface area contributed by atoms with Crippen LogP contribution in [0.1, 0.15) is 11.3 Å². The fourth-order valence-electron chi connectivity index (χ4n) is 3.62. The Morgan fingerprint density at radius 2 is 1.84 bits per heavy atom. The quantitative estimate of drug-likeness (QED) is 0.668. The zero-order valence-electron chi connectivity index (χ0n) is 17.3. The van der Waals surface area contributed by atoms with Gasteiger partial charge in [0.2, 0.25) is 15.9 Å². The van der Waals surface area contributed by atoms with Crippen LogP contribution in [-0.4, -0.2) is 76.0 Å². The molecule has 0 saturated carbocycles. The van der Waals surface area contributed by atoms with Crippen LogP contribution in [0.25, 0.3) is 0 Å². The first-order valence-electron chi connectivity index (χ1n) is 10.4. The number of piperazine rings is 1. The van der Waals surface area contributed by atoms with E-state index in [9.17, 15) is 13.2 Å². The van der Waals surface area contributed by atoms with Crippen molar-refractivity contribution in [3.05, 3.63) is 40.6 Å². The number of hydrogen-bond acceptors (Lipinski definition) is 7. The Bertz CT molecular complexity index is 986. The van der Waals surface area contributed by atoms with E-state index in [1.807, 2.05) is 16.3 Å². The van der Waals surface area contributed by atoms with Crippen LogP contribution in [0.2, 0.25) is 0 Å². The number of carbonyl (C=O) groups is 1. The van der Waals surface area contributed by atoms with E-state index in [0.29, 0.717) is 57.4 Å². The van der Waals surface area contributed by atoms with Crippen LogP contribution in [0.5, 0.6) is 11.5 Å². The van der Waals surface area contributed by atoms with Gasteiger partial charge in [-0.15, -0.1) is 11.3 Å². The Kier molecular flexibility index (Phi) is 7.11. The van der Waals surface area contributed by atoms with Gasteiger partial charge in [0.15, 0.2) is 11.5 Å². The molecule has 8 nitrogen and oxygen atoms in total. The van der Waals surface area contributed by atoms with Gasteiger partial charge < -0.3 is 14.8 Å². The van der Waals surface area contributed by atoms with Gasteiger partial charge in [-0.1, -0.05) is 6.07 Å². The molecule has 1 aromatic heterocycles. The van der Waals surface area contributed by atoms with Crippen molar-refractivity contribution in [1.29, 1.82) is 0 Å². The maximum Gasteiger partial charge on any atom is 0.243 e. The molecule has 0 bridgehead atoms. The van der Waals surface area contributed by atoms with Crippen molar-refractivity contribution in [1.82, 2.24) is 14.5 Å². The summed E-state index contributed by atoms with van der Waals surface area (Å²) in [4.78, 5) is 15.6. The molecule has 1 N–H and O–H groups in total. The van der Waals surface area contributed by atoms with Crippen LogP contribution in [0.4, 0.5) is 0 Å². The molecule has 4 rings (SSSR count). The van der Waals surface area contributed by atoms with Gasteiger partial charge in [-0.3, -0.25) is 9.69 Å². The Morgan fingerprint density at radius 1 is 1.06 bits per heavy atom. The highest BCUT2D eigenvalue weighted by atomic mass is 32.2. The number of sulfonamides is 1. The number of carbonyl (C=O) groups excluding carboxylic acids is 1. The molecule has 0 atom stereocenters. The molecule has 3 heterocycles. The molecule has 2 aliphatic rings. The SMILES string of the molecule is O=C(CN1CCN(S(=O)(=O)c2ccc3c(c2)OCCCO3)CC1)NCCc1cccs1. The van der Waals surface area contributed by atoms with E-state index in [1.165, 1.54) is 9.18 Å². The smallest absolute Gasteiger partial charge is 0.243 e. The molecule has 2 aliphatic heterocycles. The van der Waals surface area contributed by atoms with Crippen LogP contribution in [0, 0.1) is 0 Å². The standard InChI is InChI=1S/C21H27N3O5S2/c25-21(22-7-6-17-3-1-14-30-17)16-23-8-10-24(11-9-23)31(26,27)18-4-5-19-20(15-18)29-13-2-12-28-19/h1,3-5,14-15H,2,6-13,16H2,(H,22,25). The van der Waals surface area contributed by atoms with Crippen LogP contribution < -0.4 is 14.8 Å². The van der Waals surface area contributed by atoms with Gasteiger partial charge in [-0.25, -0.2) is 8.42 Å². The Labute approximate surface area is 186 Å². The molecule has 0 unspecified atom stereocenters. The first-order valence-corrected chi connectivity index (χ1v) is 12.8. The van der Waals surface area contributed by atoms with E-state index >= 15 is 0 Å². The second-order valence-corrected chi connectivity index (χ2v) is 10.5. The lowest BCUT2D eigenvalue weighted by atomic mass is 10.3. The molecule has 1 saturated heterocycles. The lowest BCUT2D eigenvalue weighted by molar-refractivity contribution is -0.122. The maximum absolute atomic E-state index is 13.1. The normalized spacial score (nSPS) is 17.8. The summed E-state index contributed by atoms with van der Waals surface area (Å²) in [6.07, 6.45) is 1.59. The van der Waals surface area contributed by atoms with E-state index in [-0.39, 0.29) is 17.3 Å². The number of thiophene rings is 1. The monoisotopic (exact) mass is 465 g/mol. The second-order valence-electron chi connectivity index (χ2n) is 7.52. The minimum absolute atomic E-state index is 0.0317. The third-order valence-electron chi connectivity index (χ3n) is 5.33. The molecule has 1 amide bonds. The summed E-state index contributed by atoms with van der Waals surface area (Å²) >= 11 is 1.68. The number of benzene rings is 1. The van der Waals surface area contributed by atoms with Gasteiger partial charge in [0.25, 0.3) is 0 Å². The Hall–Kier alpha value is -2.14. The minimum Gasteiger partial charge on any atom is -0.490 e. The topological polar surface area (TPSA) is 88.2 Å². The van der Waals surface area contributed by atoms with Crippen molar-refractivity contribution < 1.29 is 22.7 Å². The molecule has 0 spiro atoms. The number of nitrogens with one attached hydrogen (secondary N) is 1. The zero-order valence-corrected chi connectivity index (χ0v) is 18.9. The predicted molar refractivity (Wildman–Crippen MR) is 118 cm³/mol. The highest BCUT2D eigenvalue weighted by Crippen LogP contribution is 2.33. The molecule has 1 fully saturated rings. The molecule has 0 aliphatic carbocycles. The molecule has 0 radical (unpaired) electrons. The Balaban J connectivity index is 1.27. The number of rotatable bonds is 7. The van der Waals surface area contributed by atoms with Crippen LogP contribution in [0.15, 0.2) is 40.6 Å². The van der Waals surface area contributed by atoms with E-state index in [2.05, 4.69) is 11.4 Å². The Morgan fingerprint density at radius 3 is 2.58 bits per heavy atom. The first-order chi connectivity index (χ1) is 15.0. The lowest BCUT2D eigenvalue weighted by Gasteiger charge is -2.33. The predicted octanol–water partition coefficient (Wildman–Crippen LogP) is 1.57. The van der Waals surface area contributed by atoms with Gasteiger partial charge in [-0.05, 0) is 30.0 Å². The van der Waals surface area contributed by atoms with Gasteiger partial charge in [0, 0.05) is 50.1 Å². The number of amides is 1. The molecular formula is C21H27N3O5S2. The summed E-state index contributed by atoms with van der Waals surface area (Å²) < 4.78 is 38.8. The van der Waals surface area contributed by atoms with Crippen molar-refractivity contribution in [3.8, 4) is 11.5 Å². The van der Waals surface area contributed by atoms with Gasteiger partial charge in [-0.2, -0.15) is 4.31 Å². The number of ether oxygens (including phenoxy) is 2. The molecule has 10 heteroatoms. The third kappa shape index (κ3) is 5.57. The van der Waals surface area contributed by atoms with E-state index in [4.69, 9.17) is 9.47 Å². The summed E-state index contributed by atoms with van der Waals surface area (Å²) in [6, 6.07) is 8.82. The highest BCUT2D eigenvalue weighted by molar-refractivity contribution is 7.89. The summed E-state index contributed by atoms with van der Waals surface area (Å²) in [5.74, 6) is 1.01. The van der Waals surface area contributed by atoms with Crippen molar-refractivity contribution in [3.63, 3.8) is 0 Å². The first kappa shape index (κ1) is 22.1. The third-order valence-corrected chi connectivity index (χ3v) is 8.16. The molecule has 2 aromatic rings. The minimum atomic E-state index is -3.63. The summed E-state index contributed by atoms with van der Waals surface area (Å²) in [5, 5.41) is 4.96. The number of fused-ring (bicyclic) bond motifs is 1. The van der Waals surface area contributed by atoms with E-state index in [1.54, 1.807) is 29.5 Å². The van der Waals surface area contributed by atoms with Crippen LogP contribution in [0.3, 0.4) is 0 Å². The fourth-order valence-corrected chi connectivity index (χ4v) is 5.77. The fraction of sp³-hybridized carbons (Fsp3) is 0.476. The second kappa shape index (κ2) is 9.99. The summed E-state index contributed by atoms with van der Waals surface area (Å²) in [5.41, 5.74) is 0. The van der Waals surface area contributed by atoms with Crippen molar-refractivity contribution >= 4 is 27.3 Å².